The van der Waals surface area contributed by atoms with Crippen molar-refractivity contribution in [2.75, 3.05) is 25.0 Å². The highest BCUT2D eigenvalue weighted by Crippen LogP contribution is 2.31. The SMILES string of the molecule is CCOc1ccc(NC(=O)c2cc(Br)ccc2Cl)cc1S(=O)(=O)N(CC)CC. The molecule has 0 radical (unpaired) electrons. The molecule has 2 aromatic carbocycles. The van der Waals surface area contributed by atoms with Gasteiger partial charge in [-0.2, -0.15) is 4.31 Å². The topological polar surface area (TPSA) is 75.7 Å². The largest absolute Gasteiger partial charge is 0.492 e. The Morgan fingerprint density at radius 1 is 1.14 bits per heavy atom. The van der Waals surface area contributed by atoms with Crippen LogP contribution in [-0.2, 0) is 10.0 Å². The van der Waals surface area contributed by atoms with E-state index < -0.39 is 15.9 Å². The molecule has 0 aliphatic carbocycles. The van der Waals surface area contributed by atoms with Crippen molar-refractivity contribution in [2.45, 2.75) is 25.7 Å². The first-order valence-corrected chi connectivity index (χ1v) is 11.4. The van der Waals surface area contributed by atoms with Crippen LogP contribution in [0.15, 0.2) is 45.8 Å². The molecule has 0 atom stereocenters. The Labute approximate surface area is 179 Å². The average Bonchev–Trinajstić information content (AvgIpc) is 2.65. The number of amides is 1. The zero-order valence-electron chi connectivity index (χ0n) is 15.8. The Bertz CT molecular complexity index is 962. The molecule has 152 valence electrons. The van der Waals surface area contributed by atoms with Crippen LogP contribution < -0.4 is 10.1 Å². The molecule has 0 aliphatic heterocycles. The third-order valence-electron chi connectivity index (χ3n) is 4.00. The number of benzene rings is 2. The van der Waals surface area contributed by atoms with E-state index in [0.717, 1.165) is 0 Å². The number of nitrogens with one attached hydrogen (secondary N) is 1. The molecule has 2 aromatic rings. The fourth-order valence-corrected chi connectivity index (χ4v) is 4.81. The van der Waals surface area contributed by atoms with Crippen molar-refractivity contribution in [3.8, 4) is 5.75 Å². The molecule has 0 saturated heterocycles. The van der Waals surface area contributed by atoms with E-state index in [4.69, 9.17) is 16.3 Å². The monoisotopic (exact) mass is 488 g/mol. The van der Waals surface area contributed by atoms with Gasteiger partial charge in [-0.25, -0.2) is 8.42 Å². The summed E-state index contributed by atoms with van der Waals surface area (Å²) in [6.07, 6.45) is 0. The van der Waals surface area contributed by atoms with Gasteiger partial charge in [0.05, 0.1) is 17.2 Å². The number of rotatable bonds is 8. The van der Waals surface area contributed by atoms with Gasteiger partial charge in [-0.3, -0.25) is 4.79 Å². The van der Waals surface area contributed by atoms with E-state index in [1.54, 1.807) is 45.0 Å². The van der Waals surface area contributed by atoms with Gasteiger partial charge < -0.3 is 10.1 Å². The smallest absolute Gasteiger partial charge is 0.257 e. The van der Waals surface area contributed by atoms with Crippen LogP contribution in [0.25, 0.3) is 0 Å². The standard InChI is InChI=1S/C19H22BrClN2O4S/c1-4-23(5-2)28(25,26)18-12-14(8-10-17(18)27-6-3)22-19(24)15-11-13(20)7-9-16(15)21/h7-12H,4-6H2,1-3H3,(H,22,24). The average molecular weight is 490 g/mol. The van der Waals surface area contributed by atoms with E-state index in [1.165, 1.54) is 16.4 Å². The normalized spacial score (nSPS) is 11.5. The first kappa shape index (κ1) is 22.7. The maximum atomic E-state index is 13.0. The van der Waals surface area contributed by atoms with E-state index >= 15 is 0 Å². The Morgan fingerprint density at radius 2 is 1.82 bits per heavy atom. The molecule has 0 bridgehead atoms. The third kappa shape index (κ3) is 5.05. The zero-order valence-corrected chi connectivity index (χ0v) is 19.0. The summed E-state index contributed by atoms with van der Waals surface area (Å²) >= 11 is 9.41. The number of halogens is 2. The van der Waals surface area contributed by atoms with Gasteiger partial charge in [-0.15, -0.1) is 0 Å². The molecular formula is C19H22BrClN2O4S. The molecule has 0 saturated carbocycles. The van der Waals surface area contributed by atoms with Gasteiger partial charge in [-0.1, -0.05) is 41.4 Å². The highest BCUT2D eigenvalue weighted by atomic mass is 79.9. The summed E-state index contributed by atoms with van der Waals surface area (Å²) in [6.45, 7) is 6.28. The molecule has 1 N–H and O–H groups in total. The van der Waals surface area contributed by atoms with E-state index in [1.807, 2.05) is 0 Å². The number of sulfonamides is 1. The molecule has 0 heterocycles. The summed E-state index contributed by atoms with van der Waals surface area (Å²) in [5, 5.41) is 2.99. The van der Waals surface area contributed by atoms with Crippen molar-refractivity contribution in [3.05, 3.63) is 51.5 Å². The quantitative estimate of drug-likeness (QED) is 0.579. The summed E-state index contributed by atoms with van der Waals surface area (Å²) in [5.41, 5.74) is 0.605. The number of carbonyl (C=O) groups excluding carboxylic acids is 1. The Balaban J connectivity index is 2.44. The van der Waals surface area contributed by atoms with Crippen LogP contribution in [0.5, 0.6) is 5.75 Å². The summed E-state index contributed by atoms with van der Waals surface area (Å²) < 4.78 is 33.5. The molecular weight excluding hydrogens is 468 g/mol. The summed E-state index contributed by atoms with van der Waals surface area (Å²) in [4.78, 5) is 12.6. The van der Waals surface area contributed by atoms with Crippen LogP contribution in [0.1, 0.15) is 31.1 Å². The predicted octanol–water partition coefficient (Wildman–Crippen LogP) is 4.78. The molecule has 0 unspecified atom stereocenters. The highest BCUT2D eigenvalue weighted by molar-refractivity contribution is 9.10. The number of carbonyl (C=O) groups is 1. The Hall–Kier alpha value is -1.61. The molecule has 0 spiro atoms. The van der Waals surface area contributed by atoms with E-state index in [2.05, 4.69) is 21.2 Å². The van der Waals surface area contributed by atoms with Crippen LogP contribution in [-0.4, -0.2) is 38.3 Å². The minimum Gasteiger partial charge on any atom is -0.492 e. The lowest BCUT2D eigenvalue weighted by molar-refractivity contribution is 0.102. The maximum absolute atomic E-state index is 13.0. The molecule has 2 rings (SSSR count). The minimum atomic E-state index is -3.77. The van der Waals surface area contributed by atoms with Gasteiger partial charge in [0.25, 0.3) is 5.91 Å². The molecule has 9 heteroatoms. The fourth-order valence-electron chi connectivity index (χ4n) is 2.63. The lowest BCUT2D eigenvalue weighted by Gasteiger charge is -2.21. The Kier molecular flexibility index (Phi) is 7.88. The first-order chi connectivity index (χ1) is 13.2. The lowest BCUT2D eigenvalue weighted by atomic mass is 10.2. The summed E-state index contributed by atoms with van der Waals surface area (Å²) in [5.74, 6) is -0.200. The number of hydrogen-bond acceptors (Lipinski definition) is 4. The molecule has 0 fully saturated rings. The fraction of sp³-hybridized carbons (Fsp3) is 0.316. The van der Waals surface area contributed by atoms with Crippen LogP contribution in [0.3, 0.4) is 0 Å². The van der Waals surface area contributed by atoms with Gasteiger partial charge in [0.15, 0.2) is 0 Å². The number of anilines is 1. The Morgan fingerprint density at radius 3 is 2.43 bits per heavy atom. The van der Waals surface area contributed by atoms with Crippen LogP contribution >= 0.6 is 27.5 Å². The maximum Gasteiger partial charge on any atom is 0.257 e. The minimum absolute atomic E-state index is 0.0104. The van der Waals surface area contributed by atoms with Crippen molar-refractivity contribution in [3.63, 3.8) is 0 Å². The van der Waals surface area contributed by atoms with Crippen molar-refractivity contribution in [1.82, 2.24) is 4.31 Å². The van der Waals surface area contributed by atoms with Gasteiger partial charge in [0.1, 0.15) is 10.6 Å². The van der Waals surface area contributed by atoms with Gasteiger partial charge >= 0.3 is 0 Å². The number of ether oxygens (including phenoxy) is 1. The second kappa shape index (κ2) is 9.73. The molecule has 0 aromatic heterocycles. The van der Waals surface area contributed by atoms with E-state index in [-0.39, 0.29) is 16.2 Å². The molecule has 0 aliphatic rings. The second-order valence-corrected chi connectivity index (χ2v) is 8.99. The first-order valence-electron chi connectivity index (χ1n) is 8.77. The molecule has 1 amide bonds. The van der Waals surface area contributed by atoms with Crippen LogP contribution in [0.2, 0.25) is 5.02 Å². The van der Waals surface area contributed by atoms with Crippen molar-refractivity contribution < 1.29 is 17.9 Å². The predicted molar refractivity (Wildman–Crippen MR) is 115 cm³/mol. The number of hydrogen-bond donors (Lipinski definition) is 1. The van der Waals surface area contributed by atoms with E-state index in [9.17, 15) is 13.2 Å². The van der Waals surface area contributed by atoms with Gasteiger partial charge in [0, 0.05) is 23.2 Å². The van der Waals surface area contributed by atoms with Gasteiger partial charge in [0.2, 0.25) is 10.0 Å². The van der Waals surface area contributed by atoms with Gasteiger partial charge in [-0.05, 0) is 43.3 Å². The molecule has 28 heavy (non-hydrogen) atoms. The lowest BCUT2D eigenvalue weighted by Crippen LogP contribution is -2.31. The van der Waals surface area contributed by atoms with Crippen molar-refractivity contribution in [2.24, 2.45) is 0 Å². The van der Waals surface area contributed by atoms with Crippen LogP contribution in [0.4, 0.5) is 5.69 Å². The highest BCUT2D eigenvalue weighted by Gasteiger charge is 2.26. The summed E-state index contributed by atoms with van der Waals surface area (Å²) in [7, 11) is -3.77. The summed E-state index contributed by atoms with van der Waals surface area (Å²) in [6, 6.07) is 9.47. The van der Waals surface area contributed by atoms with Crippen LogP contribution in [0, 0.1) is 0 Å². The zero-order chi connectivity index (χ0) is 20.9. The van der Waals surface area contributed by atoms with Crippen molar-refractivity contribution >= 4 is 49.1 Å². The number of nitrogens with zero attached hydrogens (tertiary/aromatic N) is 1. The van der Waals surface area contributed by atoms with Crippen molar-refractivity contribution in [1.29, 1.82) is 0 Å². The van der Waals surface area contributed by atoms with E-state index in [0.29, 0.717) is 34.9 Å². The molecule has 6 nitrogen and oxygen atoms in total. The second-order valence-electron chi connectivity index (χ2n) is 5.76. The third-order valence-corrected chi connectivity index (χ3v) is 6.89.